The second-order valence-corrected chi connectivity index (χ2v) is 6.51. The van der Waals surface area contributed by atoms with E-state index in [1.54, 1.807) is 24.1 Å². The van der Waals surface area contributed by atoms with Crippen molar-refractivity contribution in [3.63, 3.8) is 0 Å². The van der Waals surface area contributed by atoms with E-state index in [0.29, 0.717) is 11.3 Å². The number of carbonyl (C=O) groups is 1. The molecule has 4 aromatic rings. The van der Waals surface area contributed by atoms with Gasteiger partial charge in [-0.1, -0.05) is 54.6 Å². The van der Waals surface area contributed by atoms with Crippen LogP contribution in [0, 0.1) is 0 Å². The van der Waals surface area contributed by atoms with Crippen molar-refractivity contribution < 1.29 is 9.53 Å². The SMILES string of the molecule is COc1ccc(-c2nn(-c3ccccc3)cc2C(=O)C=Cc2ccccc2)cc1. The van der Waals surface area contributed by atoms with Gasteiger partial charge in [-0.05, 0) is 48.0 Å². The van der Waals surface area contributed by atoms with Crippen molar-refractivity contribution in [2.75, 3.05) is 7.11 Å². The summed E-state index contributed by atoms with van der Waals surface area (Å²) < 4.78 is 6.98. The molecule has 0 amide bonds. The Balaban J connectivity index is 1.75. The second-order valence-electron chi connectivity index (χ2n) is 6.51. The Morgan fingerprint density at radius 2 is 1.55 bits per heavy atom. The van der Waals surface area contributed by atoms with Gasteiger partial charge in [-0.3, -0.25) is 4.79 Å². The van der Waals surface area contributed by atoms with Crippen LogP contribution >= 0.6 is 0 Å². The number of nitrogens with zero attached hydrogens (tertiary/aromatic N) is 2. The third-order valence-corrected chi connectivity index (χ3v) is 4.59. The summed E-state index contributed by atoms with van der Waals surface area (Å²) in [6.07, 6.45) is 5.20. The molecule has 0 atom stereocenters. The highest BCUT2D eigenvalue weighted by molar-refractivity contribution is 6.10. The lowest BCUT2D eigenvalue weighted by molar-refractivity contribution is 0.104. The zero-order valence-corrected chi connectivity index (χ0v) is 16.0. The molecule has 4 heteroatoms. The van der Waals surface area contributed by atoms with Gasteiger partial charge in [0.1, 0.15) is 11.4 Å². The molecule has 0 spiro atoms. The summed E-state index contributed by atoms with van der Waals surface area (Å²) in [5.41, 5.74) is 3.91. The Bertz CT molecular complexity index is 1130. The number of ketones is 1. The normalized spacial score (nSPS) is 10.9. The molecule has 0 aliphatic carbocycles. The molecule has 0 fully saturated rings. The molecule has 1 aromatic heterocycles. The third-order valence-electron chi connectivity index (χ3n) is 4.59. The zero-order valence-electron chi connectivity index (χ0n) is 16.0. The van der Waals surface area contributed by atoms with E-state index in [9.17, 15) is 4.79 Å². The Morgan fingerprint density at radius 1 is 0.897 bits per heavy atom. The molecular weight excluding hydrogens is 360 g/mol. The number of benzene rings is 3. The van der Waals surface area contributed by atoms with Gasteiger partial charge in [-0.25, -0.2) is 4.68 Å². The Kier molecular flexibility index (Phi) is 5.34. The summed E-state index contributed by atoms with van der Waals surface area (Å²) in [6.45, 7) is 0. The number of methoxy groups -OCH3 is 1. The maximum Gasteiger partial charge on any atom is 0.189 e. The number of aromatic nitrogens is 2. The van der Waals surface area contributed by atoms with E-state index >= 15 is 0 Å². The van der Waals surface area contributed by atoms with Gasteiger partial charge in [0, 0.05) is 11.8 Å². The smallest absolute Gasteiger partial charge is 0.189 e. The van der Waals surface area contributed by atoms with E-state index in [-0.39, 0.29) is 5.78 Å². The van der Waals surface area contributed by atoms with Crippen molar-refractivity contribution in [3.05, 3.63) is 108 Å². The molecule has 29 heavy (non-hydrogen) atoms. The van der Waals surface area contributed by atoms with Gasteiger partial charge in [0.15, 0.2) is 5.78 Å². The molecule has 0 saturated heterocycles. The molecule has 142 valence electrons. The fourth-order valence-electron chi connectivity index (χ4n) is 3.06. The maximum absolute atomic E-state index is 13.0. The molecule has 0 N–H and O–H groups in total. The van der Waals surface area contributed by atoms with Crippen LogP contribution in [-0.4, -0.2) is 22.7 Å². The van der Waals surface area contributed by atoms with Crippen LogP contribution < -0.4 is 4.74 Å². The van der Waals surface area contributed by atoms with Crippen LogP contribution in [0.25, 0.3) is 23.0 Å². The predicted molar refractivity (Wildman–Crippen MR) is 115 cm³/mol. The molecule has 3 aromatic carbocycles. The third kappa shape index (κ3) is 4.17. The van der Waals surface area contributed by atoms with Crippen LogP contribution in [0.15, 0.2) is 97.2 Å². The maximum atomic E-state index is 13.0. The van der Waals surface area contributed by atoms with Gasteiger partial charge in [-0.15, -0.1) is 0 Å². The molecule has 4 rings (SSSR count). The van der Waals surface area contributed by atoms with E-state index in [1.165, 1.54) is 0 Å². The van der Waals surface area contributed by atoms with Crippen LogP contribution in [0.2, 0.25) is 0 Å². The molecule has 0 unspecified atom stereocenters. The minimum atomic E-state index is -0.0955. The van der Waals surface area contributed by atoms with Gasteiger partial charge >= 0.3 is 0 Å². The van der Waals surface area contributed by atoms with Crippen molar-refractivity contribution >= 4 is 11.9 Å². The lowest BCUT2D eigenvalue weighted by atomic mass is 10.0. The summed E-state index contributed by atoms with van der Waals surface area (Å²) in [5, 5.41) is 4.70. The first-order valence-electron chi connectivity index (χ1n) is 9.31. The van der Waals surface area contributed by atoms with E-state index in [2.05, 4.69) is 0 Å². The van der Waals surface area contributed by atoms with E-state index in [4.69, 9.17) is 9.84 Å². The van der Waals surface area contributed by atoms with E-state index in [1.807, 2.05) is 91.0 Å². The Hall–Kier alpha value is -3.92. The topological polar surface area (TPSA) is 44.1 Å². The second kappa shape index (κ2) is 8.40. The molecule has 0 radical (unpaired) electrons. The number of allylic oxidation sites excluding steroid dienone is 1. The highest BCUT2D eigenvalue weighted by atomic mass is 16.5. The summed E-state index contributed by atoms with van der Waals surface area (Å²) in [5.74, 6) is 0.662. The summed E-state index contributed by atoms with van der Waals surface area (Å²) in [6, 6.07) is 27.1. The number of hydrogen-bond acceptors (Lipinski definition) is 3. The molecule has 0 aliphatic heterocycles. The van der Waals surface area contributed by atoms with Crippen LogP contribution in [0.4, 0.5) is 0 Å². The van der Waals surface area contributed by atoms with Crippen LogP contribution in [-0.2, 0) is 0 Å². The van der Waals surface area contributed by atoms with Gasteiger partial charge < -0.3 is 4.74 Å². The highest BCUT2D eigenvalue weighted by Gasteiger charge is 2.17. The fraction of sp³-hybridized carbons (Fsp3) is 0.0400. The molecule has 0 saturated carbocycles. The first-order valence-corrected chi connectivity index (χ1v) is 9.31. The van der Waals surface area contributed by atoms with Crippen molar-refractivity contribution in [3.8, 4) is 22.7 Å². The number of hydrogen-bond donors (Lipinski definition) is 0. The molecule has 1 heterocycles. The number of rotatable bonds is 6. The van der Waals surface area contributed by atoms with Gasteiger partial charge in [0.05, 0.1) is 18.4 Å². The largest absolute Gasteiger partial charge is 0.497 e. The minimum Gasteiger partial charge on any atom is -0.497 e. The quantitative estimate of drug-likeness (QED) is 0.330. The predicted octanol–water partition coefficient (Wildman–Crippen LogP) is 5.44. The molecular formula is C25H20N2O2. The first kappa shape index (κ1) is 18.4. The first-order chi connectivity index (χ1) is 14.2. The average Bonchev–Trinajstić information content (AvgIpc) is 3.24. The Labute approximate surface area is 169 Å². The van der Waals surface area contributed by atoms with Crippen LogP contribution in [0.5, 0.6) is 5.75 Å². The lowest BCUT2D eigenvalue weighted by Gasteiger charge is -2.03. The average molecular weight is 380 g/mol. The molecule has 0 bridgehead atoms. The summed E-state index contributed by atoms with van der Waals surface area (Å²) >= 11 is 0. The van der Waals surface area contributed by atoms with Gasteiger partial charge in [0.25, 0.3) is 0 Å². The molecule has 0 aliphatic rings. The van der Waals surface area contributed by atoms with Crippen molar-refractivity contribution in [1.29, 1.82) is 0 Å². The lowest BCUT2D eigenvalue weighted by Crippen LogP contribution is -1.95. The van der Waals surface area contributed by atoms with Crippen molar-refractivity contribution in [1.82, 2.24) is 9.78 Å². The van der Waals surface area contributed by atoms with Gasteiger partial charge in [0.2, 0.25) is 0 Å². The monoisotopic (exact) mass is 380 g/mol. The van der Waals surface area contributed by atoms with Crippen molar-refractivity contribution in [2.24, 2.45) is 0 Å². The van der Waals surface area contributed by atoms with Crippen molar-refractivity contribution in [2.45, 2.75) is 0 Å². The highest BCUT2D eigenvalue weighted by Crippen LogP contribution is 2.26. The van der Waals surface area contributed by atoms with E-state index in [0.717, 1.165) is 22.6 Å². The molecule has 4 nitrogen and oxygen atoms in total. The van der Waals surface area contributed by atoms with Crippen LogP contribution in [0.3, 0.4) is 0 Å². The van der Waals surface area contributed by atoms with Crippen LogP contribution in [0.1, 0.15) is 15.9 Å². The Morgan fingerprint density at radius 3 is 2.21 bits per heavy atom. The summed E-state index contributed by atoms with van der Waals surface area (Å²) in [4.78, 5) is 13.0. The fourth-order valence-corrected chi connectivity index (χ4v) is 3.06. The minimum absolute atomic E-state index is 0.0955. The number of para-hydroxylation sites is 1. The van der Waals surface area contributed by atoms with Gasteiger partial charge in [-0.2, -0.15) is 5.10 Å². The standard InChI is InChI=1S/C25H20N2O2/c1-29-22-15-13-20(14-16-22)25-23(18-27(26-25)21-10-6-3-7-11-21)24(28)17-12-19-8-4-2-5-9-19/h2-18H,1H3. The number of carbonyl (C=O) groups excluding carboxylic acids is 1. The number of ether oxygens (including phenoxy) is 1. The summed E-state index contributed by atoms with van der Waals surface area (Å²) in [7, 11) is 1.63. The zero-order chi connectivity index (χ0) is 20.1. The van der Waals surface area contributed by atoms with E-state index < -0.39 is 0 Å².